The SMILES string of the molecule is C=C1C2C(=O)C34[C@H]2[C@H]1CC[C@H]3[C@@]12CO[C@@]4(O)[C@@H](O)[C@@H]1C(C)(C)C/C(=C/O)C2=O. The summed E-state index contributed by atoms with van der Waals surface area (Å²) in [7, 11) is 0. The van der Waals surface area contributed by atoms with Crippen LogP contribution in [0.5, 0.6) is 0 Å². The van der Waals surface area contributed by atoms with E-state index in [4.69, 9.17) is 4.74 Å². The molecular weight excluding hydrogens is 360 g/mol. The quantitative estimate of drug-likeness (QED) is 0.331. The molecule has 0 radical (unpaired) electrons. The van der Waals surface area contributed by atoms with Crippen molar-refractivity contribution >= 4 is 11.6 Å². The number of rotatable bonds is 0. The van der Waals surface area contributed by atoms with Crippen LogP contribution >= 0.6 is 0 Å². The number of hydrogen-bond donors (Lipinski definition) is 3. The third-order valence-electron chi connectivity index (χ3n) is 9.58. The molecule has 0 aromatic heterocycles. The summed E-state index contributed by atoms with van der Waals surface area (Å²) in [6.07, 6.45) is 1.33. The van der Waals surface area contributed by atoms with Crippen molar-refractivity contribution in [3.8, 4) is 0 Å². The zero-order valence-corrected chi connectivity index (χ0v) is 16.1. The van der Waals surface area contributed by atoms with Crippen molar-refractivity contribution in [3.05, 3.63) is 24.0 Å². The van der Waals surface area contributed by atoms with Crippen LogP contribution < -0.4 is 0 Å². The summed E-state index contributed by atoms with van der Waals surface area (Å²) < 4.78 is 5.89. The predicted molar refractivity (Wildman–Crippen MR) is 96.7 cm³/mol. The van der Waals surface area contributed by atoms with E-state index in [9.17, 15) is 24.9 Å². The number of aliphatic hydroxyl groups excluding tert-OH is 2. The number of allylic oxidation sites excluding steroid dienone is 2. The highest BCUT2D eigenvalue weighted by atomic mass is 16.6. The predicted octanol–water partition coefficient (Wildman–Crippen LogP) is 1.52. The molecule has 2 spiro atoms. The van der Waals surface area contributed by atoms with Gasteiger partial charge in [0, 0.05) is 17.4 Å². The topological polar surface area (TPSA) is 104 Å². The third kappa shape index (κ3) is 1.29. The van der Waals surface area contributed by atoms with E-state index in [1.807, 2.05) is 13.8 Å². The van der Waals surface area contributed by atoms with Gasteiger partial charge in [0.1, 0.15) is 6.10 Å². The summed E-state index contributed by atoms with van der Waals surface area (Å²) in [5.74, 6) is -3.45. The van der Waals surface area contributed by atoms with Crippen LogP contribution in [0.2, 0.25) is 0 Å². The highest BCUT2D eigenvalue weighted by molar-refractivity contribution is 6.06. The molecule has 6 nitrogen and oxygen atoms in total. The Morgan fingerprint density at radius 3 is 2.64 bits per heavy atom. The Morgan fingerprint density at radius 1 is 1.25 bits per heavy atom. The molecule has 7 fully saturated rings. The molecule has 0 aromatic rings. The molecule has 2 saturated heterocycles. The number of hydrogen-bond acceptors (Lipinski definition) is 6. The average Bonchev–Trinajstić information content (AvgIpc) is 2.64. The molecule has 150 valence electrons. The Hall–Kier alpha value is -1.50. The lowest BCUT2D eigenvalue weighted by molar-refractivity contribution is -0.454. The van der Waals surface area contributed by atoms with Gasteiger partial charge in [0.05, 0.1) is 23.7 Å². The molecule has 7 aliphatic rings. The van der Waals surface area contributed by atoms with E-state index >= 15 is 0 Å². The minimum absolute atomic E-state index is 0.0203. The number of carbonyl (C=O) groups excluding carboxylic acids is 2. The summed E-state index contributed by atoms with van der Waals surface area (Å²) in [5.41, 5.74) is -1.61. The van der Waals surface area contributed by atoms with Gasteiger partial charge in [0.2, 0.25) is 5.79 Å². The van der Waals surface area contributed by atoms with E-state index in [0.29, 0.717) is 18.4 Å². The van der Waals surface area contributed by atoms with Gasteiger partial charge in [-0.05, 0) is 42.4 Å². The molecule has 28 heavy (non-hydrogen) atoms. The second kappa shape index (κ2) is 4.47. The molecule has 2 aliphatic heterocycles. The molecule has 0 aromatic carbocycles. The number of carbonyl (C=O) groups is 2. The molecular formula is C22H26O6. The Balaban J connectivity index is 1.63. The second-order valence-electron chi connectivity index (χ2n) is 10.6. The molecule has 6 heteroatoms. The monoisotopic (exact) mass is 386 g/mol. The van der Waals surface area contributed by atoms with Crippen molar-refractivity contribution in [2.45, 2.75) is 45.0 Å². The molecule has 2 unspecified atom stereocenters. The number of fused-ring (bicyclic) bond motifs is 1. The van der Waals surface area contributed by atoms with Crippen LogP contribution in [-0.4, -0.2) is 45.4 Å². The smallest absolute Gasteiger partial charge is 0.205 e. The van der Waals surface area contributed by atoms with Gasteiger partial charge in [-0.2, -0.15) is 0 Å². The fourth-order valence-corrected chi connectivity index (χ4v) is 8.88. The minimum Gasteiger partial charge on any atom is -0.515 e. The van der Waals surface area contributed by atoms with Crippen LogP contribution in [0.3, 0.4) is 0 Å². The van der Waals surface area contributed by atoms with Crippen LogP contribution in [0, 0.1) is 45.8 Å². The van der Waals surface area contributed by atoms with Gasteiger partial charge in [-0.3, -0.25) is 9.59 Å². The molecule has 5 saturated carbocycles. The van der Waals surface area contributed by atoms with Crippen molar-refractivity contribution < 1.29 is 29.6 Å². The molecule has 3 N–H and O–H groups in total. The summed E-state index contributed by atoms with van der Waals surface area (Å²) in [6.45, 7) is 7.97. The van der Waals surface area contributed by atoms with Crippen LogP contribution in [0.25, 0.3) is 0 Å². The van der Waals surface area contributed by atoms with Gasteiger partial charge < -0.3 is 20.1 Å². The van der Waals surface area contributed by atoms with Gasteiger partial charge in [-0.15, -0.1) is 0 Å². The fraction of sp³-hybridized carbons (Fsp3) is 0.727. The lowest BCUT2D eigenvalue weighted by Crippen LogP contribution is -2.92. The van der Waals surface area contributed by atoms with Crippen LogP contribution in [0.4, 0.5) is 0 Å². The maximum atomic E-state index is 13.7. The maximum Gasteiger partial charge on any atom is 0.205 e. The van der Waals surface area contributed by atoms with E-state index in [1.165, 1.54) is 0 Å². The lowest BCUT2D eigenvalue weighted by atomic mass is 9.23. The van der Waals surface area contributed by atoms with Gasteiger partial charge >= 0.3 is 0 Å². The molecule has 2 bridgehead atoms. The molecule has 7 rings (SSSR count). The molecule has 5 aliphatic carbocycles. The largest absolute Gasteiger partial charge is 0.515 e. The Morgan fingerprint density at radius 2 is 1.96 bits per heavy atom. The second-order valence-corrected chi connectivity index (χ2v) is 10.6. The normalized spacial score (nSPS) is 59.1. The summed E-state index contributed by atoms with van der Waals surface area (Å²) in [6, 6.07) is 0. The molecule has 9 atom stereocenters. The zero-order chi connectivity index (χ0) is 20.0. The van der Waals surface area contributed by atoms with Crippen molar-refractivity contribution in [1.82, 2.24) is 0 Å². The van der Waals surface area contributed by atoms with Gasteiger partial charge in [0.15, 0.2) is 11.6 Å². The highest BCUT2D eigenvalue weighted by Crippen LogP contribution is 2.83. The Kier molecular flexibility index (Phi) is 2.77. The standard InChI is InChI=1S/C22H26O6/c1-9-11-4-5-12-20-8-28-22(27,21(12)14(11)13(9)17(21)25)18(26)15(20)19(2,3)6-10(7-23)16(20)24/h7,11-15,18,23,26-27H,1,4-6,8H2,2-3H3/b10-7-/t11-,12-,13?,14-,15+,18-,20-,21?,22-/m0/s1. The van der Waals surface area contributed by atoms with Crippen molar-refractivity contribution in [2.24, 2.45) is 45.8 Å². The van der Waals surface area contributed by atoms with Gasteiger partial charge in [-0.1, -0.05) is 26.0 Å². The van der Waals surface area contributed by atoms with Crippen molar-refractivity contribution in [2.75, 3.05) is 6.61 Å². The first-order chi connectivity index (χ1) is 13.1. The first-order valence-corrected chi connectivity index (χ1v) is 10.3. The Bertz CT molecular complexity index is 903. The molecule has 2 heterocycles. The fourth-order valence-electron chi connectivity index (χ4n) is 8.88. The van der Waals surface area contributed by atoms with E-state index in [-0.39, 0.29) is 41.8 Å². The first-order valence-electron chi connectivity index (χ1n) is 10.3. The maximum absolute atomic E-state index is 13.7. The zero-order valence-electron chi connectivity index (χ0n) is 16.1. The van der Waals surface area contributed by atoms with E-state index in [1.54, 1.807) is 0 Å². The first kappa shape index (κ1) is 17.4. The number of aliphatic hydroxyl groups is 3. The summed E-state index contributed by atoms with van der Waals surface area (Å²) in [4.78, 5) is 27.1. The van der Waals surface area contributed by atoms with Gasteiger partial charge in [0.25, 0.3) is 0 Å². The van der Waals surface area contributed by atoms with E-state index in [2.05, 4.69) is 6.58 Å². The molecule has 0 amide bonds. The summed E-state index contributed by atoms with van der Waals surface area (Å²) >= 11 is 0. The van der Waals surface area contributed by atoms with Crippen molar-refractivity contribution in [3.63, 3.8) is 0 Å². The van der Waals surface area contributed by atoms with E-state index in [0.717, 1.165) is 18.3 Å². The summed E-state index contributed by atoms with van der Waals surface area (Å²) in [5, 5.41) is 32.9. The number of ketones is 2. The van der Waals surface area contributed by atoms with Crippen LogP contribution in [-0.2, 0) is 14.3 Å². The van der Waals surface area contributed by atoms with E-state index < -0.39 is 34.1 Å². The Labute approximate surface area is 163 Å². The average molecular weight is 386 g/mol. The number of Topliss-reactive ketones (excluding diaryl/α,β-unsaturated/α-hetero) is 2. The minimum atomic E-state index is -1.96. The van der Waals surface area contributed by atoms with Crippen LogP contribution in [0.1, 0.15) is 33.1 Å². The number of ether oxygens (including phenoxy) is 1. The highest BCUT2D eigenvalue weighted by Gasteiger charge is 2.91. The van der Waals surface area contributed by atoms with Crippen LogP contribution in [0.15, 0.2) is 24.0 Å². The van der Waals surface area contributed by atoms with Gasteiger partial charge in [-0.25, -0.2) is 0 Å². The third-order valence-corrected chi connectivity index (χ3v) is 9.58. The van der Waals surface area contributed by atoms with Crippen molar-refractivity contribution in [1.29, 1.82) is 0 Å². The lowest BCUT2D eigenvalue weighted by Gasteiger charge is -2.82.